The van der Waals surface area contributed by atoms with Gasteiger partial charge >= 0.3 is 0 Å². The Labute approximate surface area is 80.6 Å². The number of thiol groups is 1. The van der Waals surface area contributed by atoms with Crippen molar-refractivity contribution in [3.05, 3.63) is 23.1 Å². The molecule has 2 aromatic rings. The molecular formula is C9H9NS2. The highest BCUT2D eigenvalue weighted by molar-refractivity contribution is 7.80. The summed E-state index contributed by atoms with van der Waals surface area (Å²) in [6, 6.07) is 4.10. The van der Waals surface area contributed by atoms with Crippen LogP contribution in [-0.4, -0.2) is 0 Å². The summed E-state index contributed by atoms with van der Waals surface area (Å²) in [6.45, 7) is 2.02. The minimum absolute atomic E-state index is 0.844. The summed E-state index contributed by atoms with van der Waals surface area (Å²) >= 11 is 6.04. The molecule has 0 bridgehead atoms. The lowest BCUT2D eigenvalue weighted by molar-refractivity contribution is 1.50. The van der Waals surface area contributed by atoms with E-state index in [1.165, 1.54) is 4.70 Å². The van der Waals surface area contributed by atoms with Crippen LogP contribution in [0.1, 0.15) is 5.56 Å². The first-order valence-electron chi connectivity index (χ1n) is 3.65. The molecule has 0 saturated heterocycles. The van der Waals surface area contributed by atoms with Gasteiger partial charge in [0, 0.05) is 26.0 Å². The van der Waals surface area contributed by atoms with Crippen LogP contribution in [0.4, 0.5) is 5.69 Å². The van der Waals surface area contributed by atoms with E-state index in [2.05, 4.69) is 18.7 Å². The van der Waals surface area contributed by atoms with Crippen LogP contribution in [0, 0.1) is 6.92 Å². The van der Waals surface area contributed by atoms with Crippen molar-refractivity contribution in [3.8, 4) is 0 Å². The molecule has 0 aliphatic rings. The van der Waals surface area contributed by atoms with E-state index in [1.807, 2.05) is 18.4 Å². The molecule has 0 spiro atoms. The van der Waals surface area contributed by atoms with Gasteiger partial charge < -0.3 is 5.73 Å². The molecule has 1 aromatic carbocycles. The van der Waals surface area contributed by atoms with Crippen molar-refractivity contribution < 1.29 is 0 Å². The van der Waals surface area contributed by atoms with Crippen molar-refractivity contribution in [3.63, 3.8) is 0 Å². The van der Waals surface area contributed by atoms with Crippen molar-refractivity contribution in [1.82, 2.24) is 0 Å². The number of benzene rings is 1. The highest BCUT2D eigenvalue weighted by atomic mass is 32.1. The van der Waals surface area contributed by atoms with Gasteiger partial charge in [0.2, 0.25) is 0 Å². The molecule has 0 radical (unpaired) electrons. The molecule has 0 aliphatic carbocycles. The van der Waals surface area contributed by atoms with Crippen LogP contribution in [0.5, 0.6) is 0 Å². The number of rotatable bonds is 0. The SMILES string of the molecule is Cc1cc2scc(S)c2cc1N. The zero-order valence-corrected chi connectivity index (χ0v) is 8.38. The zero-order chi connectivity index (χ0) is 8.72. The topological polar surface area (TPSA) is 26.0 Å². The quantitative estimate of drug-likeness (QED) is 0.490. The van der Waals surface area contributed by atoms with Crippen LogP contribution in [0.3, 0.4) is 0 Å². The van der Waals surface area contributed by atoms with Gasteiger partial charge in [0.1, 0.15) is 0 Å². The fraction of sp³-hybridized carbons (Fsp3) is 0.111. The number of hydrogen-bond donors (Lipinski definition) is 2. The minimum Gasteiger partial charge on any atom is -0.398 e. The molecule has 2 N–H and O–H groups in total. The second-order valence-corrected chi connectivity index (χ2v) is 4.22. The third kappa shape index (κ3) is 1.09. The first-order chi connectivity index (χ1) is 5.68. The van der Waals surface area contributed by atoms with Gasteiger partial charge in [-0.05, 0) is 24.6 Å². The van der Waals surface area contributed by atoms with Crippen LogP contribution >= 0.6 is 24.0 Å². The Morgan fingerprint density at radius 3 is 2.92 bits per heavy atom. The molecule has 62 valence electrons. The van der Waals surface area contributed by atoms with Gasteiger partial charge in [-0.1, -0.05) is 0 Å². The summed E-state index contributed by atoms with van der Waals surface area (Å²) < 4.78 is 1.26. The Balaban J connectivity index is 2.87. The Bertz CT molecular complexity index is 431. The van der Waals surface area contributed by atoms with Crippen molar-refractivity contribution in [2.75, 3.05) is 5.73 Å². The first-order valence-corrected chi connectivity index (χ1v) is 4.97. The maximum atomic E-state index is 5.78. The maximum absolute atomic E-state index is 5.78. The zero-order valence-electron chi connectivity index (χ0n) is 6.66. The van der Waals surface area contributed by atoms with Crippen LogP contribution in [0.15, 0.2) is 22.4 Å². The summed E-state index contributed by atoms with van der Waals surface area (Å²) in [6.07, 6.45) is 0. The van der Waals surface area contributed by atoms with Gasteiger partial charge in [0.05, 0.1) is 0 Å². The Hall–Kier alpha value is -0.670. The molecule has 2 rings (SSSR count). The van der Waals surface area contributed by atoms with E-state index >= 15 is 0 Å². The van der Waals surface area contributed by atoms with Crippen LogP contribution < -0.4 is 5.73 Å². The van der Waals surface area contributed by atoms with E-state index in [-0.39, 0.29) is 0 Å². The van der Waals surface area contributed by atoms with Crippen LogP contribution in [0.2, 0.25) is 0 Å². The van der Waals surface area contributed by atoms with Gasteiger partial charge in [0.25, 0.3) is 0 Å². The average Bonchev–Trinajstić information content (AvgIpc) is 2.35. The number of thiophene rings is 1. The standard InChI is InChI=1S/C9H9NS2/c1-5-2-9-6(3-7(5)10)8(11)4-12-9/h2-4,11H,10H2,1H3. The number of fused-ring (bicyclic) bond motifs is 1. The Morgan fingerprint density at radius 2 is 2.17 bits per heavy atom. The lowest BCUT2D eigenvalue weighted by Crippen LogP contribution is -1.87. The molecular weight excluding hydrogens is 186 g/mol. The van der Waals surface area contributed by atoms with Gasteiger partial charge in [0.15, 0.2) is 0 Å². The predicted molar refractivity (Wildman–Crippen MR) is 58.2 cm³/mol. The van der Waals surface area contributed by atoms with Crippen molar-refractivity contribution in [2.45, 2.75) is 11.8 Å². The fourth-order valence-electron chi connectivity index (χ4n) is 1.18. The van der Waals surface area contributed by atoms with Gasteiger partial charge in [-0.2, -0.15) is 0 Å². The predicted octanol–water partition coefficient (Wildman–Crippen LogP) is 3.08. The van der Waals surface area contributed by atoms with Crippen LogP contribution in [0.25, 0.3) is 10.1 Å². The smallest absolute Gasteiger partial charge is 0.0358 e. The number of hydrogen-bond acceptors (Lipinski definition) is 3. The molecule has 1 aromatic heterocycles. The largest absolute Gasteiger partial charge is 0.398 e. The highest BCUT2D eigenvalue weighted by Crippen LogP contribution is 2.31. The number of anilines is 1. The third-order valence-corrected chi connectivity index (χ3v) is 3.43. The minimum atomic E-state index is 0.844. The highest BCUT2D eigenvalue weighted by Gasteiger charge is 2.02. The summed E-state index contributed by atoms with van der Waals surface area (Å²) in [5, 5.41) is 3.19. The summed E-state index contributed by atoms with van der Waals surface area (Å²) in [5.41, 5.74) is 7.77. The summed E-state index contributed by atoms with van der Waals surface area (Å²) in [4.78, 5) is 1.02. The van der Waals surface area contributed by atoms with Gasteiger partial charge in [-0.3, -0.25) is 0 Å². The van der Waals surface area contributed by atoms with E-state index in [1.54, 1.807) is 11.3 Å². The molecule has 0 unspecified atom stereocenters. The molecule has 0 fully saturated rings. The maximum Gasteiger partial charge on any atom is 0.0358 e. The number of aryl methyl sites for hydroxylation is 1. The molecule has 0 amide bonds. The normalized spacial score (nSPS) is 10.8. The first kappa shape index (κ1) is 7.95. The lowest BCUT2D eigenvalue weighted by Gasteiger charge is -1.99. The van der Waals surface area contributed by atoms with Gasteiger partial charge in [-0.15, -0.1) is 24.0 Å². The van der Waals surface area contributed by atoms with Crippen molar-refractivity contribution in [2.24, 2.45) is 0 Å². The molecule has 0 aliphatic heterocycles. The molecule has 0 atom stereocenters. The Morgan fingerprint density at radius 1 is 1.42 bits per heavy atom. The Kier molecular flexibility index (Phi) is 1.77. The molecule has 1 nitrogen and oxygen atoms in total. The fourth-order valence-corrected chi connectivity index (χ4v) is 2.50. The molecule has 12 heavy (non-hydrogen) atoms. The van der Waals surface area contributed by atoms with Crippen molar-refractivity contribution >= 4 is 39.7 Å². The summed E-state index contributed by atoms with van der Waals surface area (Å²) in [7, 11) is 0. The monoisotopic (exact) mass is 195 g/mol. The van der Waals surface area contributed by atoms with E-state index in [0.717, 1.165) is 21.5 Å². The second-order valence-electron chi connectivity index (χ2n) is 2.83. The summed E-state index contributed by atoms with van der Waals surface area (Å²) in [5.74, 6) is 0. The van der Waals surface area contributed by atoms with Gasteiger partial charge in [-0.25, -0.2) is 0 Å². The number of nitrogen functional groups attached to an aromatic ring is 1. The molecule has 1 heterocycles. The number of nitrogens with two attached hydrogens (primary N) is 1. The van der Waals surface area contributed by atoms with Crippen molar-refractivity contribution in [1.29, 1.82) is 0 Å². The lowest BCUT2D eigenvalue weighted by atomic mass is 10.1. The van der Waals surface area contributed by atoms with Crippen LogP contribution in [-0.2, 0) is 0 Å². The van der Waals surface area contributed by atoms with E-state index < -0.39 is 0 Å². The third-order valence-electron chi connectivity index (χ3n) is 1.94. The second kappa shape index (κ2) is 2.68. The van der Waals surface area contributed by atoms with E-state index in [4.69, 9.17) is 5.73 Å². The molecule has 3 heteroatoms. The molecule has 0 saturated carbocycles. The van der Waals surface area contributed by atoms with E-state index in [9.17, 15) is 0 Å². The average molecular weight is 195 g/mol. The van der Waals surface area contributed by atoms with E-state index in [0.29, 0.717) is 0 Å².